The fourth-order valence-electron chi connectivity index (χ4n) is 1.96. The topological polar surface area (TPSA) is 64.3 Å². The third kappa shape index (κ3) is 2.48. The standard InChI is InChI=1S/C11H18N2O2/c1-8(10(14)15)9(2)13-5-4-11(3,6-12)7-13/h8-9H,4-5,7H2,1-3H3,(H,14,15). The van der Waals surface area contributed by atoms with Crippen LogP contribution in [0.25, 0.3) is 0 Å². The van der Waals surface area contributed by atoms with Crippen molar-refractivity contribution in [2.45, 2.75) is 33.2 Å². The summed E-state index contributed by atoms with van der Waals surface area (Å²) < 4.78 is 0. The lowest BCUT2D eigenvalue weighted by molar-refractivity contribution is -0.143. The molecule has 1 N–H and O–H groups in total. The quantitative estimate of drug-likeness (QED) is 0.763. The number of carboxylic acid groups (broad SMARTS) is 1. The van der Waals surface area contributed by atoms with Gasteiger partial charge in [0.15, 0.2) is 0 Å². The molecule has 0 bridgehead atoms. The van der Waals surface area contributed by atoms with E-state index in [1.54, 1.807) is 6.92 Å². The Bertz CT molecular complexity index is 297. The highest BCUT2D eigenvalue weighted by molar-refractivity contribution is 5.70. The van der Waals surface area contributed by atoms with Gasteiger partial charge in [0.2, 0.25) is 0 Å². The molecule has 4 heteroatoms. The molecule has 0 radical (unpaired) electrons. The maximum absolute atomic E-state index is 10.8. The SMILES string of the molecule is CC(C(=O)O)C(C)N1CCC(C)(C#N)C1. The van der Waals surface area contributed by atoms with Crippen LogP contribution in [-0.2, 0) is 4.79 Å². The Morgan fingerprint density at radius 3 is 2.60 bits per heavy atom. The van der Waals surface area contributed by atoms with Crippen molar-refractivity contribution < 1.29 is 9.90 Å². The van der Waals surface area contributed by atoms with Gasteiger partial charge in [0.1, 0.15) is 0 Å². The fourth-order valence-corrected chi connectivity index (χ4v) is 1.96. The molecule has 1 aliphatic rings. The number of hydrogen-bond acceptors (Lipinski definition) is 3. The predicted octanol–water partition coefficient (Wildman–Crippen LogP) is 1.33. The number of rotatable bonds is 3. The fraction of sp³-hybridized carbons (Fsp3) is 0.818. The molecule has 0 amide bonds. The van der Waals surface area contributed by atoms with Gasteiger partial charge in [-0.3, -0.25) is 9.69 Å². The Morgan fingerprint density at radius 2 is 2.20 bits per heavy atom. The van der Waals surface area contributed by atoms with Gasteiger partial charge >= 0.3 is 5.97 Å². The Balaban J connectivity index is 2.62. The summed E-state index contributed by atoms with van der Waals surface area (Å²) in [6.07, 6.45) is 0.834. The van der Waals surface area contributed by atoms with Crippen LogP contribution in [0.1, 0.15) is 27.2 Å². The van der Waals surface area contributed by atoms with E-state index in [1.807, 2.05) is 13.8 Å². The lowest BCUT2D eigenvalue weighted by atomic mass is 9.92. The normalized spacial score (nSPS) is 30.8. The summed E-state index contributed by atoms with van der Waals surface area (Å²) in [7, 11) is 0. The lowest BCUT2D eigenvalue weighted by Crippen LogP contribution is -2.39. The number of carbonyl (C=O) groups is 1. The van der Waals surface area contributed by atoms with Crippen LogP contribution in [0.15, 0.2) is 0 Å². The molecule has 4 nitrogen and oxygen atoms in total. The minimum absolute atomic E-state index is 0.00215. The second-order valence-corrected chi connectivity index (χ2v) is 4.76. The first-order chi connectivity index (χ1) is 6.89. The van der Waals surface area contributed by atoms with Gasteiger partial charge in [-0.1, -0.05) is 6.92 Å². The molecule has 0 aromatic heterocycles. The predicted molar refractivity (Wildman–Crippen MR) is 56.2 cm³/mol. The van der Waals surface area contributed by atoms with Crippen LogP contribution in [0.2, 0.25) is 0 Å². The summed E-state index contributed by atoms with van der Waals surface area (Å²) in [5, 5.41) is 17.9. The molecule has 0 spiro atoms. The second kappa shape index (κ2) is 4.19. The first-order valence-electron chi connectivity index (χ1n) is 5.28. The van der Waals surface area contributed by atoms with Gasteiger partial charge in [0.05, 0.1) is 17.4 Å². The van der Waals surface area contributed by atoms with Crippen LogP contribution >= 0.6 is 0 Å². The van der Waals surface area contributed by atoms with E-state index in [0.29, 0.717) is 6.54 Å². The molecule has 15 heavy (non-hydrogen) atoms. The first-order valence-corrected chi connectivity index (χ1v) is 5.28. The van der Waals surface area contributed by atoms with E-state index in [2.05, 4.69) is 11.0 Å². The Morgan fingerprint density at radius 1 is 1.60 bits per heavy atom. The van der Waals surface area contributed by atoms with Crippen molar-refractivity contribution in [3.05, 3.63) is 0 Å². The highest BCUT2D eigenvalue weighted by Crippen LogP contribution is 2.31. The molecular formula is C11H18N2O2. The highest BCUT2D eigenvalue weighted by Gasteiger charge is 2.38. The molecular weight excluding hydrogens is 192 g/mol. The number of nitrogens with zero attached hydrogens (tertiary/aromatic N) is 2. The van der Waals surface area contributed by atoms with Crippen LogP contribution < -0.4 is 0 Å². The molecule has 3 atom stereocenters. The van der Waals surface area contributed by atoms with Crippen molar-refractivity contribution in [2.24, 2.45) is 11.3 Å². The number of aliphatic carboxylic acids is 1. The molecule has 1 rings (SSSR count). The molecule has 3 unspecified atom stereocenters. The molecule has 1 aliphatic heterocycles. The van der Waals surface area contributed by atoms with E-state index >= 15 is 0 Å². The van der Waals surface area contributed by atoms with Gasteiger partial charge in [-0.05, 0) is 20.3 Å². The zero-order valence-electron chi connectivity index (χ0n) is 9.53. The third-order valence-electron chi connectivity index (χ3n) is 3.46. The maximum atomic E-state index is 10.8. The molecule has 0 aromatic carbocycles. The summed E-state index contributed by atoms with van der Waals surface area (Å²) >= 11 is 0. The minimum atomic E-state index is -0.770. The third-order valence-corrected chi connectivity index (χ3v) is 3.46. The Hall–Kier alpha value is -1.08. The van der Waals surface area contributed by atoms with E-state index in [-0.39, 0.29) is 17.4 Å². The van der Waals surface area contributed by atoms with Gasteiger partial charge in [0.25, 0.3) is 0 Å². The Kier molecular flexibility index (Phi) is 3.35. The van der Waals surface area contributed by atoms with Gasteiger partial charge in [-0.2, -0.15) is 5.26 Å². The lowest BCUT2D eigenvalue weighted by Gasteiger charge is -2.27. The average molecular weight is 210 g/mol. The van der Waals surface area contributed by atoms with Crippen molar-refractivity contribution in [3.63, 3.8) is 0 Å². The number of likely N-dealkylation sites (tertiary alicyclic amines) is 1. The van der Waals surface area contributed by atoms with Crippen molar-refractivity contribution in [3.8, 4) is 6.07 Å². The van der Waals surface area contributed by atoms with Crippen molar-refractivity contribution in [1.29, 1.82) is 5.26 Å². The minimum Gasteiger partial charge on any atom is -0.481 e. The van der Waals surface area contributed by atoms with Crippen molar-refractivity contribution >= 4 is 5.97 Å². The van der Waals surface area contributed by atoms with Gasteiger partial charge in [-0.15, -0.1) is 0 Å². The van der Waals surface area contributed by atoms with Crippen molar-refractivity contribution in [2.75, 3.05) is 13.1 Å². The van der Waals surface area contributed by atoms with Crippen molar-refractivity contribution in [1.82, 2.24) is 4.90 Å². The second-order valence-electron chi connectivity index (χ2n) is 4.76. The molecule has 0 aliphatic carbocycles. The Labute approximate surface area is 90.5 Å². The van der Waals surface area contributed by atoms with Crippen LogP contribution in [0.3, 0.4) is 0 Å². The smallest absolute Gasteiger partial charge is 0.307 e. The van der Waals surface area contributed by atoms with Gasteiger partial charge in [-0.25, -0.2) is 0 Å². The molecule has 1 fully saturated rings. The molecule has 0 saturated carbocycles. The maximum Gasteiger partial charge on any atom is 0.307 e. The van der Waals surface area contributed by atoms with Crippen LogP contribution in [0.4, 0.5) is 0 Å². The first kappa shape index (κ1) is 12.0. The monoisotopic (exact) mass is 210 g/mol. The largest absolute Gasteiger partial charge is 0.481 e. The summed E-state index contributed by atoms with van der Waals surface area (Å²) in [6.45, 7) is 7.08. The van der Waals surface area contributed by atoms with E-state index < -0.39 is 5.97 Å². The zero-order chi connectivity index (χ0) is 11.6. The van der Waals surface area contributed by atoms with E-state index in [0.717, 1.165) is 13.0 Å². The average Bonchev–Trinajstić information content (AvgIpc) is 2.59. The summed E-state index contributed by atoms with van der Waals surface area (Å²) in [5.41, 5.74) is -0.299. The van der Waals surface area contributed by atoms with Crippen LogP contribution in [0.5, 0.6) is 0 Å². The number of nitriles is 1. The molecule has 0 aromatic rings. The number of carboxylic acids is 1. The van der Waals surface area contributed by atoms with Gasteiger partial charge in [0, 0.05) is 19.1 Å². The number of hydrogen-bond donors (Lipinski definition) is 1. The van der Waals surface area contributed by atoms with E-state index in [4.69, 9.17) is 10.4 Å². The van der Waals surface area contributed by atoms with Gasteiger partial charge < -0.3 is 5.11 Å². The van der Waals surface area contributed by atoms with Crippen LogP contribution in [-0.4, -0.2) is 35.1 Å². The summed E-state index contributed by atoms with van der Waals surface area (Å²) in [5.74, 6) is -1.15. The summed E-state index contributed by atoms with van der Waals surface area (Å²) in [6, 6.07) is 2.30. The van der Waals surface area contributed by atoms with E-state index in [1.165, 1.54) is 0 Å². The molecule has 1 heterocycles. The van der Waals surface area contributed by atoms with Crippen LogP contribution in [0, 0.1) is 22.7 Å². The van der Waals surface area contributed by atoms with E-state index in [9.17, 15) is 4.79 Å². The molecule has 1 saturated heterocycles. The zero-order valence-corrected chi connectivity index (χ0v) is 9.53. The highest BCUT2D eigenvalue weighted by atomic mass is 16.4. The molecule has 84 valence electrons. The summed E-state index contributed by atoms with van der Waals surface area (Å²) in [4.78, 5) is 12.9.